The molecule has 1 heterocycles. The Labute approximate surface area is 183 Å². The Morgan fingerprint density at radius 1 is 1.06 bits per heavy atom. The van der Waals surface area contributed by atoms with Crippen LogP contribution in [0.1, 0.15) is 38.2 Å². The molecule has 31 heavy (non-hydrogen) atoms. The standard InChI is InChI=1S/C22H29N3O5S/c1-3-30-19-10-8-18(9-11-19)17-23(2)21-13-12-20(16-22(21)25(26)27)31(28,29)24-14-6-4-5-7-15-24/h8-13,16H,3-7,14-15,17H2,1-2H3. The number of benzene rings is 2. The number of nitrogens with zero attached hydrogens (tertiary/aromatic N) is 3. The largest absolute Gasteiger partial charge is 0.494 e. The van der Waals surface area contributed by atoms with Crippen LogP contribution in [0.15, 0.2) is 47.4 Å². The summed E-state index contributed by atoms with van der Waals surface area (Å²) < 4.78 is 33.0. The Bertz CT molecular complexity index is 1000. The smallest absolute Gasteiger partial charge is 0.293 e. The summed E-state index contributed by atoms with van der Waals surface area (Å²) in [6.45, 7) is 3.84. The van der Waals surface area contributed by atoms with Gasteiger partial charge in [0.1, 0.15) is 11.4 Å². The van der Waals surface area contributed by atoms with Gasteiger partial charge in [0.25, 0.3) is 5.69 Å². The Kier molecular flexibility index (Phi) is 7.50. The van der Waals surface area contributed by atoms with E-state index < -0.39 is 14.9 Å². The third kappa shape index (κ3) is 5.54. The molecule has 2 aromatic carbocycles. The molecule has 168 valence electrons. The predicted molar refractivity (Wildman–Crippen MR) is 120 cm³/mol. The minimum absolute atomic E-state index is 0.0284. The number of rotatable bonds is 8. The van der Waals surface area contributed by atoms with Crippen molar-refractivity contribution in [2.45, 2.75) is 44.0 Å². The summed E-state index contributed by atoms with van der Waals surface area (Å²) in [4.78, 5) is 13.0. The van der Waals surface area contributed by atoms with E-state index in [1.807, 2.05) is 31.2 Å². The van der Waals surface area contributed by atoms with Gasteiger partial charge in [0.2, 0.25) is 10.0 Å². The number of nitro groups is 1. The van der Waals surface area contributed by atoms with Crippen LogP contribution in [0.3, 0.4) is 0 Å². The molecular weight excluding hydrogens is 418 g/mol. The summed E-state index contributed by atoms with van der Waals surface area (Å²) >= 11 is 0. The van der Waals surface area contributed by atoms with E-state index >= 15 is 0 Å². The van der Waals surface area contributed by atoms with Gasteiger partial charge in [-0.1, -0.05) is 25.0 Å². The van der Waals surface area contributed by atoms with E-state index in [0.717, 1.165) is 37.0 Å². The highest BCUT2D eigenvalue weighted by molar-refractivity contribution is 7.89. The van der Waals surface area contributed by atoms with Crippen molar-refractivity contribution in [3.63, 3.8) is 0 Å². The molecule has 0 amide bonds. The minimum atomic E-state index is -3.76. The molecule has 0 bridgehead atoms. The summed E-state index contributed by atoms with van der Waals surface area (Å²) in [5.74, 6) is 0.767. The highest BCUT2D eigenvalue weighted by Gasteiger charge is 2.28. The van der Waals surface area contributed by atoms with E-state index in [-0.39, 0.29) is 10.6 Å². The lowest BCUT2D eigenvalue weighted by Crippen LogP contribution is -2.32. The van der Waals surface area contributed by atoms with Crippen molar-refractivity contribution in [2.75, 3.05) is 31.6 Å². The molecule has 9 heteroatoms. The molecule has 1 saturated heterocycles. The second-order valence-electron chi connectivity index (χ2n) is 7.66. The van der Waals surface area contributed by atoms with Gasteiger partial charge in [0.05, 0.1) is 16.4 Å². The summed E-state index contributed by atoms with van der Waals surface area (Å²) in [5.41, 5.74) is 1.11. The first-order chi connectivity index (χ1) is 14.8. The van der Waals surface area contributed by atoms with Gasteiger partial charge in [-0.05, 0) is 49.6 Å². The summed E-state index contributed by atoms with van der Waals surface area (Å²) in [6, 6.07) is 11.7. The van der Waals surface area contributed by atoms with Crippen molar-refractivity contribution in [3.8, 4) is 5.75 Å². The lowest BCUT2D eigenvalue weighted by molar-refractivity contribution is -0.384. The van der Waals surface area contributed by atoms with E-state index in [9.17, 15) is 18.5 Å². The van der Waals surface area contributed by atoms with Crippen molar-refractivity contribution in [2.24, 2.45) is 0 Å². The number of hydrogen-bond donors (Lipinski definition) is 0. The van der Waals surface area contributed by atoms with Crippen LogP contribution in [0.4, 0.5) is 11.4 Å². The average Bonchev–Trinajstić information content (AvgIpc) is 3.05. The molecule has 0 atom stereocenters. The molecule has 0 saturated carbocycles. The molecule has 2 aromatic rings. The Hall–Kier alpha value is -2.65. The number of nitro benzene ring substituents is 1. The Morgan fingerprint density at radius 2 is 1.71 bits per heavy atom. The van der Waals surface area contributed by atoms with Gasteiger partial charge in [0.15, 0.2) is 0 Å². The fourth-order valence-electron chi connectivity index (χ4n) is 3.78. The van der Waals surface area contributed by atoms with E-state index in [2.05, 4.69) is 0 Å². The zero-order valence-corrected chi connectivity index (χ0v) is 18.8. The fraction of sp³-hybridized carbons (Fsp3) is 0.455. The Morgan fingerprint density at radius 3 is 2.29 bits per heavy atom. The number of hydrogen-bond acceptors (Lipinski definition) is 6. The molecule has 1 aliphatic rings. The number of anilines is 1. The maximum absolute atomic E-state index is 13.1. The molecule has 1 aliphatic heterocycles. The van der Waals surface area contributed by atoms with Crippen LogP contribution < -0.4 is 9.64 Å². The van der Waals surface area contributed by atoms with Crippen LogP contribution >= 0.6 is 0 Å². The molecule has 0 aromatic heterocycles. The van der Waals surface area contributed by atoms with Gasteiger partial charge in [-0.15, -0.1) is 0 Å². The van der Waals surface area contributed by atoms with Gasteiger partial charge in [-0.2, -0.15) is 4.31 Å². The van der Waals surface area contributed by atoms with Crippen LogP contribution in [-0.2, 0) is 16.6 Å². The van der Waals surface area contributed by atoms with Gasteiger partial charge >= 0.3 is 0 Å². The number of ether oxygens (including phenoxy) is 1. The molecule has 0 unspecified atom stereocenters. The van der Waals surface area contributed by atoms with Crippen molar-refractivity contribution in [1.29, 1.82) is 0 Å². The van der Waals surface area contributed by atoms with Crippen LogP contribution in [0.2, 0.25) is 0 Å². The summed E-state index contributed by atoms with van der Waals surface area (Å²) in [6.07, 6.45) is 3.62. The van der Waals surface area contributed by atoms with E-state index in [1.54, 1.807) is 11.9 Å². The third-order valence-electron chi connectivity index (χ3n) is 5.41. The highest BCUT2D eigenvalue weighted by atomic mass is 32.2. The van der Waals surface area contributed by atoms with E-state index in [0.29, 0.717) is 31.9 Å². The van der Waals surface area contributed by atoms with Gasteiger partial charge < -0.3 is 9.64 Å². The quantitative estimate of drug-likeness (QED) is 0.445. The maximum Gasteiger partial charge on any atom is 0.293 e. The van der Waals surface area contributed by atoms with Crippen LogP contribution in [0.5, 0.6) is 5.75 Å². The first kappa shape index (κ1) is 23.0. The SMILES string of the molecule is CCOc1ccc(CN(C)c2ccc(S(=O)(=O)N3CCCCCC3)cc2[N+](=O)[O-])cc1. The fourth-order valence-corrected chi connectivity index (χ4v) is 5.32. The van der Waals surface area contributed by atoms with Crippen molar-refractivity contribution in [1.82, 2.24) is 4.31 Å². The predicted octanol–water partition coefficient (Wildman–Crippen LogP) is 4.19. The first-order valence-electron chi connectivity index (χ1n) is 10.5. The molecule has 1 fully saturated rings. The molecule has 0 radical (unpaired) electrons. The lowest BCUT2D eigenvalue weighted by Gasteiger charge is -2.22. The van der Waals surface area contributed by atoms with Crippen LogP contribution in [0.25, 0.3) is 0 Å². The van der Waals surface area contributed by atoms with Crippen molar-refractivity contribution >= 4 is 21.4 Å². The van der Waals surface area contributed by atoms with E-state index in [1.165, 1.54) is 22.5 Å². The summed E-state index contributed by atoms with van der Waals surface area (Å²) in [5, 5.41) is 11.8. The second kappa shape index (κ2) is 10.1. The molecule has 0 N–H and O–H groups in total. The topological polar surface area (TPSA) is 93.0 Å². The second-order valence-corrected chi connectivity index (χ2v) is 9.60. The van der Waals surface area contributed by atoms with E-state index in [4.69, 9.17) is 4.74 Å². The van der Waals surface area contributed by atoms with Gasteiger partial charge in [-0.25, -0.2) is 8.42 Å². The maximum atomic E-state index is 13.1. The Balaban J connectivity index is 1.85. The molecular formula is C22H29N3O5S. The lowest BCUT2D eigenvalue weighted by atomic mass is 10.2. The zero-order valence-electron chi connectivity index (χ0n) is 18.0. The average molecular weight is 448 g/mol. The zero-order chi connectivity index (χ0) is 22.4. The monoisotopic (exact) mass is 447 g/mol. The van der Waals surface area contributed by atoms with Crippen LogP contribution in [0, 0.1) is 10.1 Å². The molecule has 0 spiro atoms. The highest BCUT2D eigenvalue weighted by Crippen LogP contribution is 2.32. The molecule has 0 aliphatic carbocycles. The van der Waals surface area contributed by atoms with Crippen molar-refractivity contribution < 1.29 is 18.1 Å². The van der Waals surface area contributed by atoms with Crippen molar-refractivity contribution in [3.05, 3.63) is 58.1 Å². The molecule has 3 rings (SSSR count). The minimum Gasteiger partial charge on any atom is -0.494 e. The van der Waals surface area contributed by atoms with Crippen LogP contribution in [-0.4, -0.2) is 44.4 Å². The summed E-state index contributed by atoms with van der Waals surface area (Å²) in [7, 11) is -2.00. The third-order valence-corrected chi connectivity index (χ3v) is 7.31. The normalized spacial score (nSPS) is 15.3. The van der Waals surface area contributed by atoms with Gasteiger partial charge in [-0.3, -0.25) is 10.1 Å². The number of sulfonamides is 1. The van der Waals surface area contributed by atoms with Gasteiger partial charge in [0, 0.05) is 32.7 Å². The molecule has 8 nitrogen and oxygen atoms in total. The first-order valence-corrected chi connectivity index (χ1v) is 12.0.